The van der Waals surface area contributed by atoms with Crippen molar-refractivity contribution in [1.29, 1.82) is 0 Å². The van der Waals surface area contributed by atoms with Crippen LogP contribution in [0.15, 0.2) is 0 Å². The monoisotopic (exact) mass is 241 g/mol. The molecule has 4 nitrogen and oxygen atoms in total. The van der Waals surface area contributed by atoms with E-state index < -0.39 is 30.3 Å². The first-order chi connectivity index (χ1) is 7.35. The van der Waals surface area contributed by atoms with Crippen molar-refractivity contribution in [1.82, 2.24) is 5.32 Å². The zero-order chi connectivity index (χ0) is 12.4. The van der Waals surface area contributed by atoms with Crippen LogP contribution in [-0.4, -0.2) is 41.6 Å². The van der Waals surface area contributed by atoms with Crippen molar-refractivity contribution in [3.05, 3.63) is 0 Å². The highest BCUT2D eigenvalue weighted by atomic mass is 19.4. The first kappa shape index (κ1) is 13.2. The van der Waals surface area contributed by atoms with E-state index in [1.807, 2.05) is 0 Å². The zero-order valence-corrected chi connectivity index (χ0v) is 8.50. The summed E-state index contributed by atoms with van der Waals surface area (Å²) in [5, 5.41) is 20.7. The maximum Gasteiger partial charge on any atom is 0.414 e. The van der Waals surface area contributed by atoms with Gasteiger partial charge < -0.3 is 15.5 Å². The molecule has 1 rings (SSSR count). The maximum atomic E-state index is 12.4. The van der Waals surface area contributed by atoms with Gasteiger partial charge in [-0.05, 0) is 19.3 Å². The van der Waals surface area contributed by atoms with Crippen molar-refractivity contribution in [2.24, 2.45) is 5.41 Å². The Morgan fingerprint density at radius 2 is 2.19 bits per heavy atom. The van der Waals surface area contributed by atoms with Crippen LogP contribution in [0.4, 0.5) is 13.2 Å². The number of nitrogens with one attached hydrogen (secondary N) is 1. The van der Waals surface area contributed by atoms with E-state index in [0.29, 0.717) is 12.8 Å². The molecule has 3 atom stereocenters. The van der Waals surface area contributed by atoms with Gasteiger partial charge in [-0.15, -0.1) is 0 Å². The number of hydrogen-bond acceptors (Lipinski definition) is 3. The minimum absolute atomic E-state index is 0.0374. The van der Waals surface area contributed by atoms with Gasteiger partial charge in [-0.1, -0.05) is 0 Å². The highest BCUT2D eigenvalue weighted by Gasteiger charge is 2.55. The highest BCUT2D eigenvalue weighted by Crippen LogP contribution is 2.45. The molecule has 1 fully saturated rings. The topological polar surface area (TPSA) is 69.6 Å². The molecule has 94 valence electrons. The Kier molecular flexibility index (Phi) is 3.80. The number of aliphatic hydroxyl groups is 2. The molecule has 1 aliphatic carbocycles. The number of halogens is 3. The second kappa shape index (κ2) is 4.58. The van der Waals surface area contributed by atoms with Gasteiger partial charge in [0, 0.05) is 11.5 Å². The van der Waals surface area contributed by atoms with Gasteiger partial charge in [-0.3, -0.25) is 4.79 Å². The van der Waals surface area contributed by atoms with E-state index in [1.54, 1.807) is 0 Å². The van der Waals surface area contributed by atoms with Crippen molar-refractivity contribution in [2.75, 3.05) is 6.61 Å². The van der Waals surface area contributed by atoms with Crippen LogP contribution >= 0.6 is 0 Å². The van der Waals surface area contributed by atoms with Crippen LogP contribution in [0.2, 0.25) is 0 Å². The number of rotatable bonds is 4. The van der Waals surface area contributed by atoms with Crippen molar-refractivity contribution >= 4 is 6.41 Å². The summed E-state index contributed by atoms with van der Waals surface area (Å²) in [6.45, 7) is -0.745. The fraction of sp³-hybridized carbons (Fsp3) is 0.889. The van der Waals surface area contributed by atoms with Gasteiger partial charge >= 0.3 is 6.18 Å². The quantitative estimate of drug-likeness (QED) is 0.615. The average Bonchev–Trinajstić information content (AvgIpc) is 2.61. The minimum Gasteiger partial charge on any atom is -0.396 e. The van der Waals surface area contributed by atoms with Gasteiger partial charge in [0.15, 0.2) is 6.10 Å². The Labute approximate surface area is 90.4 Å². The Balaban J connectivity index is 2.77. The predicted octanol–water partition coefficient (Wildman–Crippen LogP) is 0.187. The van der Waals surface area contributed by atoms with Crippen molar-refractivity contribution in [2.45, 2.75) is 37.6 Å². The van der Waals surface area contributed by atoms with Crippen molar-refractivity contribution in [3.8, 4) is 0 Å². The van der Waals surface area contributed by atoms with E-state index in [1.165, 1.54) is 0 Å². The fourth-order valence-corrected chi connectivity index (χ4v) is 2.22. The largest absolute Gasteiger partial charge is 0.414 e. The molecule has 0 bridgehead atoms. The zero-order valence-electron chi connectivity index (χ0n) is 8.50. The molecular weight excluding hydrogens is 227 g/mol. The van der Waals surface area contributed by atoms with Gasteiger partial charge in [0.2, 0.25) is 6.41 Å². The molecule has 0 radical (unpaired) electrons. The molecule has 0 spiro atoms. The molecule has 3 N–H and O–H groups in total. The molecule has 1 amide bonds. The molecule has 1 aliphatic rings. The molecule has 0 saturated heterocycles. The van der Waals surface area contributed by atoms with Gasteiger partial charge in [-0.2, -0.15) is 13.2 Å². The van der Waals surface area contributed by atoms with E-state index in [9.17, 15) is 23.1 Å². The molecule has 0 aromatic rings. The Morgan fingerprint density at radius 1 is 1.56 bits per heavy atom. The van der Waals surface area contributed by atoms with Gasteiger partial charge in [-0.25, -0.2) is 0 Å². The number of carbonyl (C=O) groups is 1. The molecule has 2 unspecified atom stereocenters. The summed E-state index contributed by atoms with van der Waals surface area (Å²) in [7, 11) is 0. The number of alkyl halides is 3. The second-order valence-electron chi connectivity index (χ2n) is 4.19. The lowest BCUT2D eigenvalue weighted by molar-refractivity contribution is -0.244. The van der Waals surface area contributed by atoms with E-state index in [-0.39, 0.29) is 12.8 Å². The molecule has 16 heavy (non-hydrogen) atoms. The van der Waals surface area contributed by atoms with Crippen LogP contribution in [0.1, 0.15) is 19.3 Å². The number of carbonyl (C=O) groups excluding carboxylic acids is 1. The summed E-state index contributed by atoms with van der Waals surface area (Å²) < 4.78 is 37.2. The van der Waals surface area contributed by atoms with E-state index >= 15 is 0 Å². The lowest BCUT2D eigenvalue weighted by Crippen LogP contribution is -2.47. The molecule has 0 aromatic heterocycles. The molecule has 1 saturated carbocycles. The van der Waals surface area contributed by atoms with E-state index in [0.717, 1.165) is 0 Å². The standard InChI is InChI=1S/C9H14F3NO3/c10-9(11,12)7(16)8(4-14)2-1-6(3-8)13-5-15/h5-7,14,16H,1-4H2,(H,13,15)/t6-,7?,8?/m1/s1. The normalized spacial score (nSPS) is 32.4. The summed E-state index contributed by atoms with van der Waals surface area (Å²) in [6, 6.07) is -0.415. The summed E-state index contributed by atoms with van der Waals surface area (Å²) in [6.07, 6.45) is -6.59. The first-order valence-corrected chi connectivity index (χ1v) is 4.91. The molecule has 7 heteroatoms. The summed E-state index contributed by atoms with van der Waals surface area (Å²) >= 11 is 0. The van der Waals surface area contributed by atoms with Crippen LogP contribution in [0.5, 0.6) is 0 Å². The molecule has 0 aliphatic heterocycles. The second-order valence-corrected chi connectivity index (χ2v) is 4.19. The molecule has 0 aromatic carbocycles. The fourth-order valence-electron chi connectivity index (χ4n) is 2.22. The Hall–Kier alpha value is -0.820. The van der Waals surface area contributed by atoms with E-state index in [2.05, 4.69) is 5.32 Å². The number of aliphatic hydroxyl groups excluding tert-OH is 2. The SMILES string of the molecule is O=CN[C@@H]1CCC(CO)(C(O)C(F)(F)F)C1. The predicted molar refractivity (Wildman–Crippen MR) is 48.4 cm³/mol. The first-order valence-electron chi connectivity index (χ1n) is 4.91. The number of hydrogen-bond donors (Lipinski definition) is 3. The summed E-state index contributed by atoms with van der Waals surface area (Å²) in [4.78, 5) is 10.2. The third-order valence-electron chi connectivity index (χ3n) is 3.15. The van der Waals surface area contributed by atoms with Gasteiger partial charge in [0.05, 0.1) is 6.61 Å². The van der Waals surface area contributed by atoms with Crippen LogP contribution in [-0.2, 0) is 4.79 Å². The van der Waals surface area contributed by atoms with Crippen molar-refractivity contribution in [3.63, 3.8) is 0 Å². The third-order valence-corrected chi connectivity index (χ3v) is 3.15. The number of amides is 1. The van der Waals surface area contributed by atoms with Crippen molar-refractivity contribution < 1.29 is 28.2 Å². The summed E-state index contributed by atoms with van der Waals surface area (Å²) in [5.41, 5.74) is -1.58. The highest BCUT2D eigenvalue weighted by molar-refractivity contribution is 5.46. The average molecular weight is 241 g/mol. The lowest BCUT2D eigenvalue weighted by atomic mass is 9.80. The maximum absolute atomic E-state index is 12.4. The van der Waals surface area contributed by atoms with E-state index in [4.69, 9.17) is 5.11 Å². The summed E-state index contributed by atoms with van der Waals surface area (Å²) in [5.74, 6) is 0. The third kappa shape index (κ3) is 2.46. The Bertz CT molecular complexity index is 259. The van der Waals surface area contributed by atoms with Crippen LogP contribution < -0.4 is 5.32 Å². The molecule has 0 heterocycles. The van der Waals surface area contributed by atoms with Gasteiger partial charge in [0.1, 0.15) is 0 Å². The van der Waals surface area contributed by atoms with Crippen LogP contribution in [0, 0.1) is 5.41 Å². The van der Waals surface area contributed by atoms with Gasteiger partial charge in [0.25, 0.3) is 0 Å². The lowest BCUT2D eigenvalue weighted by Gasteiger charge is -2.33. The smallest absolute Gasteiger partial charge is 0.396 e. The minimum atomic E-state index is -4.75. The Morgan fingerprint density at radius 3 is 2.62 bits per heavy atom. The molecular formula is C9H14F3NO3. The van der Waals surface area contributed by atoms with Crippen LogP contribution in [0.25, 0.3) is 0 Å². The van der Waals surface area contributed by atoms with Crippen LogP contribution in [0.3, 0.4) is 0 Å².